The number of Topliss-reactive ketones (excluding diaryl/α,β-unsaturated/α-hetero) is 1. The van der Waals surface area contributed by atoms with E-state index in [0.29, 0.717) is 28.8 Å². The van der Waals surface area contributed by atoms with E-state index in [-0.39, 0.29) is 12.4 Å². The topological polar surface area (TPSA) is 74.5 Å². The van der Waals surface area contributed by atoms with E-state index in [1.54, 1.807) is 18.2 Å². The number of hydrogen-bond acceptors (Lipinski definition) is 6. The Morgan fingerprint density at radius 1 is 1.20 bits per heavy atom. The minimum absolute atomic E-state index is 0.0413. The van der Waals surface area contributed by atoms with Gasteiger partial charge in [0.25, 0.3) is 5.89 Å². The number of rotatable bonds is 6. The lowest BCUT2D eigenvalue weighted by molar-refractivity contribution is 0.101. The van der Waals surface area contributed by atoms with Gasteiger partial charge < -0.3 is 14.0 Å². The van der Waals surface area contributed by atoms with Crippen molar-refractivity contribution in [3.05, 3.63) is 58.4 Å². The minimum Gasteiger partial charge on any atom is -0.493 e. The molecule has 1 heterocycles. The molecule has 0 fully saturated rings. The van der Waals surface area contributed by atoms with Crippen LogP contribution < -0.4 is 9.47 Å². The van der Waals surface area contributed by atoms with Gasteiger partial charge in [-0.3, -0.25) is 4.79 Å². The summed E-state index contributed by atoms with van der Waals surface area (Å²) in [7, 11) is 1.52. The van der Waals surface area contributed by atoms with Gasteiger partial charge in [-0.2, -0.15) is 4.98 Å². The maximum Gasteiger partial charge on any atom is 0.264 e. The molecular formula is C18H15BrN2O4. The van der Waals surface area contributed by atoms with Gasteiger partial charge in [0, 0.05) is 15.6 Å². The van der Waals surface area contributed by atoms with Gasteiger partial charge in [0.15, 0.2) is 23.9 Å². The van der Waals surface area contributed by atoms with E-state index in [1.165, 1.54) is 14.0 Å². The first-order chi connectivity index (χ1) is 12.1. The number of nitrogens with zero attached hydrogens (tertiary/aromatic N) is 2. The van der Waals surface area contributed by atoms with Crippen LogP contribution in [0, 0.1) is 0 Å². The first-order valence-corrected chi connectivity index (χ1v) is 8.26. The molecule has 3 rings (SSSR count). The molecule has 7 heteroatoms. The van der Waals surface area contributed by atoms with Gasteiger partial charge in [-0.1, -0.05) is 33.2 Å². The average Bonchev–Trinajstić information content (AvgIpc) is 3.08. The molecule has 0 saturated heterocycles. The molecule has 0 aliphatic carbocycles. The zero-order valence-corrected chi connectivity index (χ0v) is 15.2. The van der Waals surface area contributed by atoms with Gasteiger partial charge >= 0.3 is 0 Å². The van der Waals surface area contributed by atoms with Crippen molar-refractivity contribution >= 4 is 21.7 Å². The molecule has 0 N–H and O–H groups in total. The van der Waals surface area contributed by atoms with Gasteiger partial charge in [-0.15, -0.1) is 0 Å². The van der Waals surface area contributed by atoms with Crippen LogP contribution in [0.15, 0.2) is 51.5 Å². The fourth-order valence-electron chi connectivity index (χ4n) is 2.20. The molecular weight excluding hydrogens is 388 g/mol. The van der Waals surface area contributed by atoms with E-state index in [2.05, 4.69) is 26.1 Å². The Hall–Kier alpha value is -2.67. The lowest BCUT2D eigenvalue weighted by atomic mass is 10.1. The van der Waals surface area contributed by atoms with Crippen LogP contribution in [0.3, 0.4) is 0 Å². The normalized spacial score (nSPS) is 10.5. The van der Waals surface area contributed by atoms with Gasteiger partial charge in [-0.25, -0.2) is 0 Å². The maximum absolute atomic E-state index is 11.4. The van der Waals surface area contributed by atoms with Gasteiger partial charge in [0.05, 0.1) is 7.11 Å². The Balaban J connectivity index is 1.73. The van der Waals surface area contributed by atoms with Crippen molar-refractivity contribution in [3.8, 4) is 22.9 Å². The maximum atomic E-state index is 11.4. The van der Waals surface area contributed by atoms with Crippen LogP contribution in [0.25, 0.3) is 11.4 Å². The molecule has 0 bridgehead atoms. The Morgan fingerprint density at radius 2 is 2.04 bits per heavy atom. The molecule has 0 atom stereocenters. The summed E-state index contributed by atoms with van der Waals surface area (Å²) < 4.78 is 17.1. The summed E-state index contributed by atoms with van der Waals surface area (Å²) in [4.78, 5) is 15.8. The third-order valence-electron chi connectivity index (χ3n) is 3.47. The van der Waals surface area contributed by atoms with Crippen molar-refractivity contribution in [3.63, 3.8) is 0 Å². The SMILES string of the molecule is COc1cc(C(C)=O)ccc1OCc1nc(-c2cccc(Br)c2)no1. The van der Waals surface area contributed by atoms with E-state index in [4.69, 9.17) is 14.0 Å². The smallest absolute Gasteiger partial charge is 0.264 e. The first kappa shape index (κ1) is 17.2. The monoisotopic (exact) mass is 402 g/mol. The lowest BCUT2D eigenvalue weighted by Gasteiger charge is -2.09. The van der Waals surface area contributed by atoms with Crippen LogP contribution in [0.2, 0.25) is 0 Å². The second-order valence-corrected chi connectivity index (χ2v) is 6.15. The zero-order chi connectivity index (χ0) is 17.8. The predicted molar refractivity (Wildman–Crippen MR) is 94.8 cm³/mol. The molecule has 1 aromatic heterocycles. The summed E-state index contributed by atoms with van der Waals surface area (Å²) in [5.41, 5.74) is 1.40. The van der Waals surface area contributed by atoms with Crippen LogP contribution in [-0.4, -0.2) is 23.0 Å². The molecule has 0 unspecified atom stereocenters. The van der Waals surface area contributed by atoms with Crippen molar-refractivity contribution in [1.82, 2.24) is 10.1 Å². The fourth-order valence-corrected chi connectivity index (χ4v) is 2.60. The van der Waals surface area contributed by atoms with Crippen LogP contribution >= 0.6 is 15.9 Å². The molecule has 2 aromatic carbocycles. The van der Waals surface area contributed by atoms with E-state index in [0.717, 1.165) is 10.0 Å². The van der Waals surface area contributed by atoms with Crippen LogP contribution in [0.5, 0.6) is 11.5 Å². The third kappa shape index (κ3) is 4.06. The quantitative estimate of drug-likeness (QED) is 0.572. The second kappa shape index (κ2) is 7.48. The summed E-state index contributed by atoms with van der Waals surface area (Å²) in [5, 5.41) is 3.96. The number of ether oxygens (including phenoxy) is 2. The zero-order valence-electron chi connectivity index (χ0n) is 13.7. The number of ketones is 1. The van der Waals surface area contributed by atoms with E-state index < -0.39 is 0 Å². The number of hydrogen-bond donors (Lipinski definition) is 0. The molecule has 25 heavy (non-hydrogen) atoms. The lowest BCUT2D eigenvalue weighted by Crippen LogP contribution is -2.00. The van der Waals surface area contributed by atoms with Crippen molar-refractivity contribution in [1.29, 1.82) is 0 Å². The molecule has 0 radical (unpaired) electrons. The number of halogens is 1. The highest BCUT2D eigenvalue weighted by atomic mass is 79.9. The van der Waals surface area contributed by atoms with Crippen molar-refractivity contribution in [2.45, 2.75) is 13.5 Å². The van der Waals surface area contributed by atoms with Crippen LogP contribution in [-0.2, 0) is 6.61 Å². The van der Waals surface area contributed by atoms with E-state index >= 15 is 0 Å². The summed E-state index contributed by atoms with van der Waals surface area (Å²) >= 11 is 3.41. The Labute approximate surface area is 152 Å². The minimum atomic E-state index is -0.0413. The van der Waals surface area contributed by atoms with Crippen molar-refractivity contribution in [2.24, 2.45) is 0 Å². The summed E-state index contributed by atoms with van der Waals surface area (Å²) in [6.45, 7) is 1.59. The number of carbonyl (C=O) groups is 1. The number of methoxy groups -OCH3 is 1. The number of aromatic nitrogens is 2. The van der Waals surface area contributed by atoms with Crippen molar-refractivity contribution in [2.75, 3.05) is 7.11 Å². The molecule has 0 spiro atoms. The summed E-state index contributed by atoms with van der Waals surface area (Å²) in [6, 6.07) is 12.6. The van der Waals surface area contributed by atoms with Gasteiger partial charge in [-0.05, 0) is 37.3 Å². The highest BCUT2D eigenvalue weighted by molar-refractivity contribution is 9.10. The number of benzene rings is 2. The molecule has 0 aliphatic rings. The second-order valence-electron chi connectivity index (χ2n) is 5.23. The van der Waals surface area contributed by atoms with E-state index in [1.807, 2.05) is 24.3 Å². The molecule has 0 amide bonds. The number of carbonyl (C=O) groups excluding carboxylic acids is 1. The van der Waals surface area contributed by atoms with Crippen LogP contribution in [0.1, 0.15) is 23.2 Å². The predicted octanol–water partition coefficient (Wildman–Crippen LogP) is 4.29. The average molecular weight is 403 g/mol. The Morgan fingerprint density at radius 3 is 2.76 bits per heavy atom. The fraction of sp³-hybridized carbons (Fsp3) is 0.167. The van der Waals surface area contributed by atoms with Crippen LogP contribution in [0.4, 0.5) is 0 Å². The van der Waals surface area contributed by atoms with E-state index in [9.17, 15) is 4.79 Å². The Bertz CT molecular complexity index is 908. The summed E-state index contributed by atoms with van der Waals surface area (Å²) in [5.74, 6) is 1.75. The highest BCUT2D eigenvalue weighted by Crippen LogP contribution is 2.29. The van der Waals surface area contributed by atoms with Gasteiger partial charge in [0.1, 0.15) is 0 Å². The van der Waals surface area contributed by atoms with Crippen molar-refractivity contribution < 1.29 is 18.8 Å². The van der Waals surface area contributed by atoms with Gasteiger partial charge in [0.2, 0.25) is 5.82 Å². The largest absolute Gasteiger partial charge is 0.493 e. The third-order valence-corrected chi connectivity index (χ3v) is 3.97. The first-order valence-electron chi connectivity index (χ1n) is 7.47. The Kier molecular flexibility index (Phi) is 5.14. The highest BCUT2D eigenvalue weighted by Gasteiger charge is 2.12. The summed E-state index contributed by atoms with van der Waals surface area (Å²) in [6.07, 6.45) is 0. The molecule has 128 valence electrons. The standard InChI is InChI=1S/C18H15BrN2O4/c1-11(22)12-6-7-15(16(9-12)23-2)24-10-17-20-18(21-25-17)13-4-3-5-14(19)8-13/h3-9H,10H2,1-2H3. The molecule has 3 aromatic rings. The molecule has 0 aliphatic heterocycles. The molecule has 6 nitrogen and oxygen atoms in total. The molecule has 0 saturated carbocycles.